The summed E-state index contributed by atoms with van der Waals surface area (Å²) in [5.41, 5.74) is 9.13. The molecule has 0 saturated heterocycles. The summed E-state index contributed by atoms with van der Waals surface area (Å²) in [5.74, 6) is 0.370. The second kappa shape index (κ2) is 4.77. The van der Waals surface area contributed by atoms with E-state index < -0.39 is 5.54 Å². The van der Waals surface area contributed by atoms with Crippen molar-refractivity contribution in [2.45, 2.75) is 37.6 Å². The van der Waals surface area contributed by atoms with E-state index in [1.807, 2.05) is 0 Å². The second-order valence-corrected chi connectivity index (χ2v) is 5.32. The Balaban J connectivity index is 2.17. The van der Waals surface area contributed by atoms with Gasteiger partial charge in [0.2, 0.25) is 0 Å². The molecular formula is C14H21NO2. The van der Waals surface area contributed by atoms with Gasteiger partial charge in [-0.05, 0) is 43.2 Å². The summed E-state index contributed by atoms with van der Waals surface area (Å²) in [7, 11) is 0. The van der Waals surface area contributed by atoms with Crippen molar-refractivity contribution >= 4 is 0 Å². The van der Waals surface area contributed by atoms with Gasteiger partial charge in [-0.3, -0.25) is 0 Å². The molecule has 1 aliphatic rings. The first-order valence-electron chi connectivity index (χ1n) is 6.18. The van der Waals surface area contributed by atoms with E-state index in [0.29, 0.717) is 12.3 Å². The van der Waals surface area contributed by atoms with E-state index in [9.17, 15) is 10.2 Å². The lowest BCUT2D eigenvalue weighted by Crippen LogP contribution is -2.48. The van der Waals surface area contributed by atoms with Gasteiger partial charge in [-0.25, -0.2) is 0 Å². The third-order valence-electron chi connectivity index (χ3n) is 3.78. The normalized spacial score (nSPS) is 19.4. The molecule has 3 heteroatoms. The highest BCUT2D eigenvalue weighted by Crippen LogP contribution is 2.38. The van der Waals surface area contributed by atoms with Crippen molar-refractivity contribution in [1.82, 2.24) is 0 Å². The molecule has 3 nitrogen and oxygen atoms in total. The number of aliphatic hydroxyl groups excluding tert-OH is 2. The van der Waals surface area contributed by atoms with Gasteiger partial charge in [0.05, 0.1) is 18.8 Å². The van der Waals surface area contributed by atoms with Crippen LogP contribution in [0.15, 0.2) is 18.2 Å². The summed E-state index contributed by atoms with van der Waals surface area (Å²) in [6.45, 7) is 1.77. The average Bonchev–Trinajstić information content (AvgIpc) is 2.71. The van der Waals surface area contributed by atoms with Crippen LogP contribution in [0.25, 0.3) is 0 Å². The second-order valence-electron chi connectivity index (χ2n) is 5.32. The fourth-order valence-electron chi connectivity index (χ4n) is 2.72. The number of hydrogen-bond donors (Lipinski definition) is 3. The van der Waals surface area contributed by atoms with E-state index in [2.05, 4.69) is 25.1 Å². The van der Waals surface area contributed by atoms with E-state index in [1.165, 1.54) is 16.7 Å². The Morgan fingerprint density at radius 1 is 1.35 bits per heavy atom. The highest BCUT2D eigenvalue weighted by Gasteiger charge is 2.31. The maximum Gasteiger partial charge on any atom is 0.0633 e. The summed E-state index contributed by atoms with van der Waals surface area (Å²) < 4.78 is 0. The average molecular weight is 235 g/mol. The summed E-state index contributed by atoms with van der Waals surface area (Å²) in [5, 5.41) is 18.5. The van der Waals surface area contributed by atoms with Crippen molar-refractivity contribution in [2.75, 3.05) is 13.2 Å². The molecule has 2 rings (SSSR count). The number of hydrogen-bond acceptors (Lipinski definition) is 3. The van der Waals surface area contributed by atoms with Crippen LogP contribution in [0.1, 0.15) is 35.4 Å². The molecule has 0 spiro atoms. The Morgan fingerprint density at radius 2 is 2.06 bits per heavy atom. The molecule has 0 fully saturated rings. The molecule has 1 aromatic rings. The van der Waals surface area contributed by atoms with Gasteiger partial charge < -0.3 is 15.9 Å². The maximum atomic E-state index is 9.25. The number of fused-ring (bicyclic) bond motifs is 1. The van der Waals surface area contributed by atoms with Crippen LogP contribution in [0.3, 0.4) is 0 Å². The molecule has 0 unspecified atom stereocenters. The summed E-state index contributed by atoms with van der Waals surface area (Å²) in [6, 6.07) is 6.51. The third-order valence-corrected chi connectivity index (χ3v) is 3.78. The Kier molecular flexibility index (Phi) is 3.52. The van der Waals surface area contributed by atoms with Gasteiger partial charge in [-0.1, -0.05) is 23.8 Å². The van der Waals surface area contributed by atoms with Gasteiger partial charge in [0.25, 0.3) is 0 Å². The highest BCUT2D eigenvalue weighted by atomic mass is 16.3. The molecule has 1 aliphatic carbocycles. The van der Waals surface area contributed by atoms with Crippen LogP contribution in [0, 0.1) is 6.92 Å². The third kappa shape index (κ3) is 2.51. The van der Waals surface area contributed by atoms with Crippen LogP contribution >= 0.6 is 0 Å². The van der Waals surface area contributed by atoms with Crippen molar-refractivity contribution in [2.24, 2.45) is 5.73 Å². The fraction of sp³-hybridized carbons (Fsp3) is 0.571. The number of aliphatic hydroxyl groups is 2. The van der Waals surface area contributed by atoms with Crippen molar-refractivity contribution in [3.63, 3.8) is 0 Å². The highest BCUT2D eigenvalue weighted by molar-refractivity contribution is 5.38. The van der Waals surface area contributed by atoms with Crippen LogP contribution in [0.4, 0.5) is 0 Å². The lowest BCUT2D eigenvalue weighted by Gasteiger charge is -2.28. The quantitative estimate of drug-likeness (QED) is 0.732. The smallest absolute Gasteiger partial charge is 0.0633 e. The van der Waals surface area contributed by atoms with Crippen molar-refractivity contribution < 1.29 is 10.2 Å². The first-order chi connectivity index (χ1) is 8.08. The SMILES string of the molecule is Cc1ccc2c(c1)CC[C@@H]2CC(N)(CO)CO. The fourth-order valence-corrected chi connectivity index (χ4v) is 2.72. The van der Waals surface area contributed by atoms with Crippen LogP contribution in [-0.2, 0) is 6.42 Å². The summed E-state index contributed by atoms with van der Waals surface area (Å²) in [6.07, 6.45) is 2.79. The maximum absolute atomic E-state index is 9.25. The molecule has 1 aromatic carbocycles. The molecule has 0 bridgehead atoms. The van der Waals surface area contributed by atoms with Gasteiger partial charge in [0, 0.05) is 0 Å². The molecule has 0 aromatic heterocycles. The minimum atomic E-state index is -0.850. The van der Waals surface area contributed by atoms with Gasteiger partial charge in [-0.2, -0.15) is 0 Å². The number of benzene rings is 1. The number of nitrogens with two attached hydrogens (primary N) is 1. The molecule has 4 N–H and O–H groups in total. The Hall–Kier alpha value is -0.900. The minimum absolute atomic E-state index is 0.165. The monoisotopic (exact) mass is 235 g/mol. The van der Waals surface area contributed by atoms with E-state index in [-0.39, 0.29) is 13.2 Å². The predicted molar refractivity (Wildman–Crippen MR) is 67.9 cm³/mol. The Labute approximate surface area is 102 Å². The molecular weight excluding hydrogens is 214 g/mol. The molecule has 0 heterocycles. The molecule has 1 atom stereocenters. The van der Waals surface area contributed by atoms with Crippen molar-refractivity contribution in [3.8, 4) is 0 Å². The molecule has 94 valence electrons. The zero-order valence-electron chi connectivity index (χ0n) is 10.3. The lowest BCUT2D eigenvalue weighted by atomic mass is 9.86. The van der Waals surface area contributed by atoms with Gasteiger partial charge in [0.1, 0.15) is 0 Å². The zero-order valence-corrected chi connectivity index (χ0v) is 10.3. The lowest BCUT2D eigenvalue weighted by molar-refractivity contribution is 0.108. The first kappa shape index (κ1) is 12.6. The van der Waals surface area contributed by atoms with Gasteiger partial charge >= 0.3 is 0 Å². The molecule has 0 radical (unpaired) electrons. The largest absolute Gasteiger partial charge is 0.394 e. The van der Waals surface area contributed by atoms with E-state index in [4.69, 9.17) is 5.73 Å². The van der Waals surface area contributed by atoms with Crippen LogP contribution in [-0.4, -0.2) is 29.0 Å². The molecule has 0 saturated carbocycles. The van der Waals surface area contributed by atoms with E-state index >= 15 is 0 Å². The van der Waals surface area contributed by atoms with Crippen LogP contribution in [0.2, 0.25) is 0 Å². The van der Waals surface area contributed by atoms with E-state index in [1.54, 1.807) is 0 Å². The topological polar surface area (TPSA) is 66.5 Å². The van der Waals surface area contributed by atoms with Gasteiger partial charge in [0.15, 0.2) is 0 Å². The Bertz CT molecular complexity index is 399. The predicted octanol–water partition coefficient (Wildman–Crippen LogP) is 1.10. The standard InChI is InChI=1S/C14H21NO2/c1-10-2-5-13-11(6-10)3-4-12(13)7-14(15,8-16)9-17/h2,5-6,12,16-17H,3-4,7-9,15H2,1H3/t12-/m1/s1. The van der Waals surface area contributed by atoms with Crippen molar-refractivity contribution in [3.05, 3.63) is 34.9 Å². The Morgan fingerprint density at radius 3 is 2.71 bits per heavy atom. The number of aryl methyl sites for hydroxylation is 2. The van der Waals surface area contributed by atoms with Crippen LogP contribution in [0.5, 0.6) is 0 Å². The summed E-state index contributed by atoms with van der Waals surface area (Å²) >= 11 is 0. The van der Waals surface area contributed by atoms with Crippen LogP contribution < -0.4 is 5.73 Å². The minimum Gasteiger partial charge on any atom is -0.394 e. The van der Waals surface area contributed by atoms with Crippen molar-refractivity contribution in [1.29, 1.82) is 0 Å². The first-order valence-corrected chi connectivity index (χ1v) is 6.18. The van der Waals surface area contributed by atoms with E-state index in [0.717, 1.165) is 12.8 Å². The van der Waals surface area contributed by atoms with Gasteiger partial charge in [-0.15, -0.1) is 0 Å². The molecule has 0 amide bonds. The molecule has 0 aliphatic heterocycles. The zero-order chi connectivity index (χ0) is 12.5. The summed E-state index contributed by atoms with van der Waals surface area (Å²) in [4.78, 5) is 0. The molecule has 17 heavy (non-hydrogen) atoms. The number of rotatable bonds is 4.